The van der Waals surface area contributed by atoms with Crippen LogP contribution in [0.15, 0.2) is 59.4 Å². The van der Waals surface area contributed by atoms with Crippen molar-refractivity contribution in [1.29, 1.82) is 0 Å². The maximum atomic E-state index is 12.4. The molecule has 0 aliphatic heterocycles. The fraction of sp³-hybridized carbons (Fsp3) is 0.286. The van der Waals surface area contributed by atoms with E-state index in [-0.39, 0.29) is 5.69 Å². The number of rotatable bonds is 6. The van der Waals surface area contributed by atoms with Gasteiger partial charge in [-0.1, -0.05) is 67.9 Å². The van der Waals surface area contributed by atoms with Gasteiger partial charge in [-0.25, -0.2) is 4.79 Å². The number of hydrogen-bond acceptors (Lipinski definition) is 1. The molecule has 0 aliphatic carbocycles. The van der Waals surface area contributed by atoms with Crippen molar-refractivity contribution >= 4 is 0 Å². The van der Waals surface area contributed by atoms with Crippen molar-refractivity contribution in [1.82, 2.24) is 9.55 Å². The van der Waals surface area contributed by atoms with Crippen molar-refractivity contribution in [2.24, 2.45) is 0 Å². The smallest absolute Gasteiger partial charge is 0.309 e. The molecular formula is C21H24N2O. The molecular weight excluding hydrogens is 296 g/mol. The summed E-state index contributed by atoms with van der Waals surface area (Å²) in [7, 11) is 0. The number of imidazole rings is 1. The van der Waals surface area contributed by atoms with Gasteiger partial charge in [0.25, 0.3) is 0 Å². The number of unbranched alkanes of at least 4 members (excludes halogenated alkanes) is 1. The van der Waals surface area contributed by atoms with E-state index < -0.39 is 0 Å². The minimum atomic E-state index is -0.0542. The average Bonchev–Trinajstić information content (AvgIpc) is 2.88. The first-order valence-corrected chi connectivity index (χ1v) is 8.61. The molecule has 1 aromatic heterocycles. The number of H-pyrrole nitrogens is 1. The average molecular weight is 320 g/mol. The predicted octanol–water partition coefficient (Wildman–Crippen LogP) is 4.54. The summed E-state index contributed by atoms with van der Waals surface area (Å²) in [5.74, 6) is 0. The van der Waals surface area contributed by atoms with E-state index in [0.29, 0.717) is 6.54 Å². The van der Waals surface area contributed by atoms with Crippen LogP contribution < -0.4 is 5.69 Å². The maximum Gasteiger partial charge on any atom is 0.326 e. The van der Waals surface area contributed by atoms with E-state index in [2.05, 4.69) is 36.2 Å². The Bertz CT molecular complexity index is 842. The zero-order chi connectivity index (χ0) is 16.9. The Hall–Kier alpha value is -2.55. The summed E-state index contributed by atoms with van der Waals surface area (Å²) in [6.45, 7) is 4.75. The zero-order valence-corrected chi connectivity index (χ0v) is 14.4. The summed E-state index contributed by atoms with van der Waals surface area (Å²) in [5.41, 5.74) is 5.40. The molecule has 2 aromatic carbocycles. The van der Waals surface area contributed by atoms with E-state index in [9.17, 15) is 4.79 Å². The molecule has 3 rings (SSSR count). The highest BCUT2D eigenvalue weighted by Gasteiger charge is 2.13. The van der Waals surface area contributed by atoms with Gasteiger partial charge < -0.3 is 4.98 Å². The predicted molar refractivity (Wildman–Crippen MR) is 99.4 cm³/mol. The lowest BCUT2D eigenvalue weighted by molar-refractivity contribution is 0.768. The molecule has 0 saturated carbocycles. The number of aryl methyl sites for hydroxylation is 2. The Morgan fingerprint density at radius 3 is 2.33 bits per heavy atom. The number of nitrogens with one attached hydrogen (secondary N) is 1. The van der Waals surface area contributed by atoms with E-state index in [4.69, 9.17) is 0 Å². The van der Waals surface area contributed by atoms with Gasteiger partial charge in [0.05, 0.1) is 12.2 Å². The molecule has 0 radical (unpaired) electrons. The summed E-state index contributed by atoms with van der Waals surface area (Å²) in [6.07, 6.45) is 3.52. The lowest BCUT2D eigenvalue weighted by Gasteiger charge is -2.10. The number of benzene rings is 2. The lowest BCUT2D eigenvalue weighted by atomic mass is 10.0. The van der Waals surface area contributed by atoms with Crippen LogP contribution >= 0.6 is 0 Å². The molecule has 0 amide bonds. The van der Waals surface area contributed by atoms with Gasteiger partial charge in [-0.2, -0.15) is 0 Å². The fourth-order valence-corrected chi connectivity index (χ4v) is 3.09. The molecule has 0 bridgehead atoms. The molecule has 124 valence electrons. The molecule has 1 heterocycles. The summed E-state index contributed by atoms with van der Waals surface area (Å²) < 4.78 is 1.83. The molecule has 0 saturated heterocycles. The lowest BCUT2D eigenvalue weighted by Crippen LogP contribution is -2.18. The first kappa shape index (κ1) is 16.3. The summed E-state index contributed by atoms with van der Waals surface area (Å²) >= 11 is 0. The third kappa shape index (κ3) is 3.51. The van der Waals surface area contributed by atoms with Crippen LogP contribution in [0.25, 0.3) is 11.3 Å². The maximum absolute atomic E-state index is 12.4. The van der Waals surface area contributed by atoms with Crippen molar-refractivity contribution in [3.05, 3.63) is 81.9 Å². The van der Waals surface area contributed by atoms with Gasteiger partial charge in [-0.3, -0.25) is 4.57 Å². The second-order valence-electron chi connectivity index (χ2n) is 6.28. The van der Waals surface area contributed by atoms with E-state index >= 15 is 0 Å². The molecule has 0 spiro atoms. The second kappa shape index (κ2) is 7.35. The Morgan fingerprint density at radius 2 is 1.67 bits per heavy atom. The van der Waals surface area contributed by atoms with Crippen LogP contribution in [-0.2, 0) is 13.0 Å². The van der Waals surface area contributed by atoms with Gasteiger partial charge >= 0.3 is 5.69 Å². The first-order chi connectivity index (χ1) is 11.7. The number of aromatic nitrogens is 2. The van der Waals surface area contributed by atoms with Gasteiger partial charge in [0.1, 0.15) is 0 Å². The van der Waals surface area contributed by atoms with Crippen molar-refractivity contribution in [2.75, 3.05) is 0 Å². The molecule has 1 N–H and O–H groups in total. The van der Waals surface area contributed by atoms with Gasteiger partial charge in [0.15, 0.2) is 0 Å². The Morgan fingerprint density at radius 1 is 0.958 bits per heavy atom. The standard InChI is InChI=1S/C21H24N2O/c1-3-4-8-17-11-13-19(14-12-17)20-16(2)22-21(24)23(20)15-18-9-6-5-7-10-18/h5-7,9-14H,3-4,8,15H2,1-2H3,(H,22,24). The van der Waals surface area contributed by atoms with Crippen LogP contribution in [0, 0.1) is 6.92 Å². The quantitative estimate of drug-likeness (QED) is 0.711. The van der Waals surface area contributed by atoms with Crippen molar-refractivity contribution in [3.8, 4) is 11.3 Å². The van der Waals surface area contributed by atoms with Crippen molar-refractivity contribution < 1.29 is 0 Å². The third-order valence-electron chi connectivity index (χ3n) is 4.39. The molecule has 0 fully saturated rings. The number of aromatic amines is 1. The molecule has 0 atom stereocenters. The monoisotopic (exact) mass is 320 g/mol. The Kier molecular flexibility index (Phi) is 4.99. The molecule has 3 aromatic rings. The van der Waals surface area contributed by atoms with Crippen LogP contribution in [-0.4, -0.2) is 9.55 Å². The molecule has 0 aliphatic rings. The summed E-state index contributed by atoms with van der Waals surface area (Å²) in [6, 6.07) is 18.7. The fourth-order valence-electron chi connectivity index (χ4n) is 3.09. The van der Waals surface area contributed by atoms with Crippen molar-refractivity contribution in [3.63, 3.8) is 0 Å². The molecule has 24 heavy (non-hydrogen) atoms. The van der Waals surface area contributed by atoms with Gasteiger partial charge in [0.2, 0.25) is 0 Å². The van der Waals surface area contributed by atoms with Gasteiger partial charge in [-0.05, 0) is 30.9 Å². The Labute approximate surface area is 143 Å². The summed E-state index contributed by atoms with van der Waals surface area (Å²) in [5, 5.41) is 0. The van der Waals surface area contributed by atoms with E-state index in [0.717, 1.165) is 28.9 Å². The highest BCUT2D eigenvalue weighted by Crippen LogP contribution is 2.23. The normalized spacial score (nSPS) is 10.9. The van der Waals surface area contributed by atoms with Crippen LogP contribution in [0.2, 0.25) is 0 Å². The third-order valence-corrected chi connectivity index (χ3v) is 4.39. The topological polar surface area (TPSA) is 37.8 Å². The van der Waals surface area contributed by atoms with Crippen LogP contribution in [0.3, 0.4) is 0 Å². The van der Waals surface area contributed by atoms with E-state index in [1.54, 1.807) is 0 Å². The van der Waals surface area contributed by atoms with Gasteiger partial charge in [0, 0.05) is 11.3 Å². The minimum Gasteiger partial charge on any atom is -0.309 e. The van der Waals surface area contributed by atoms with Crippen LogP contribution in [0.1, 0.15) is 36.6 Å². The number of nitrogens with zero attached hydrogens (tertiary/aromatic N) is 1. The first-order valence-electron chi connectivity index (χ1n) is 8.61. The SMILES string of the molecule is CCCCc1ccc(-c2c(C)[nH]c(=O)n2Cc2ccccc2)cc1. The van der Waals surface area contributed by atoms with E-state index in [1.165, 1.54) is 18.4 Å². The molecule has 0 unspecified atom stereocenters. The van der Waals surface area contributed by atoms with E-state index in [1.807, 2.05) is 41.8 Å². The highest BCUT2D eigenvalue weighted by atomic mass is 16.1. The number of hydrogen-bond donors (Lipinski definition) is 1. The largest absolute Gasteiger partial charge is 0.326 e. The second-order valence-corrected chi connectivity index (χ2v) is 6.28. The minimum absolute atomic E-state index is 0.0542. The van der Waals surface area contributed by atoms with Crippen LogP contribution in [0.5, 0.6) is 0 Å². The van der Waals surface area contributed by atoms with Crippen molar-refractivity contribution in [2.45, 2.75) is 39.7 Å². The van der Waals surface area contributed by atoms with Crippen LogP contribution in [0.4, 0.5) is 0 Å². The summed E-state index contributed by atoms with van der Waals surface area (Å²) in [4.78, 5) is 15.3. The van der Waals surface area contributed by atoms with Gasteiger partial charge in [-0.15, -0.1) is 0 Å². The Balaban J connectivity index is 1.94. The highest BCUT2D eigenvalue weighted by molar-refractivity contribution is 5.62. The molecule has 3 nitrogen and oxygen atoms in total. The molecule has 3 heteroatoms. The zero-order valence-electron chi connectivity index (χ0n) is 14.4.